The van der Waals surface area contributed by atoms with Gasteiger partial charge in [0.1, 0.15) is 5.82 Å². The van der Waals surface area contributed by atoms with Crippen molar-refractivity contribution in [1.82, 2.24) is 4.98 Å². The summed E-state index contributed by atoms with van der Waals surface area (Å²) in [7, 11) is 0. The molecule has 0 bridgehead atoms. The number of aromatic nitrogens is 1. The summed E-state index contributed by atoms with van der Waals surface area (Å²) in [5, 5.41) is 14.6. The van der Waals surface area contributed by atoms with Gasteiger partial charge < -0.3 is 10.6 Å². The molecule has 5 nitrogen and oxygen atoms in total. The fourth-order valence-electron chi connectivity index (χ4n) is 2.02. The van der Waals surface area contributed by atoms with Crippen molar-refractivity contribution in [2.24, 2.45) is 0 Å². The number of amides is 1. The number of nitrogens with zero attached hydrogens (tertiary/aromatic N) is 2. The van der Waals surface area contributed by atoms with E-state index in [1.165, 1.54) is 0 Å². The van der Waals surface area contributed by atoms with Gasteiger partial charge in [-0.15, -0.1) is 0 Å². The number of benzene rings is 1. The molecule has 2 N–H and O–H groups in total. The third kappa shape index (κ3) is 2.64. The third-order valence-corrected chi connectivity index (χ3v) is 3.43. The van der Waals surface area contributed by atoms with Crippen LogP contribution in [0.25, 0.3) is 5.57 Å². The zero-order valence-corrected chi connectivity index (χ0v) is 12.3. The van der Waals surface area contributed by atoms with Crippen molar-refractivity contribution in [1.29, 1.82) is 5.26 Å². The molecular formula is C15H9BrN4O. The molecule has 0 saturated heterocycles. The minimum atomic E-state index is -0.209. The topological polar surface area (TPSA) is 77.8 Å². The maximum Gasteiger partial charge on any atom is 0.259 e. The molecule has 1 aromatic heterocycles. The zero-order chi connectivity index (χ0) is 14.8. The van der Waals surface area contributed by atoms with Gasteiger partial charge in [-0.1, -0.05) is 6.07 Å². The molecule has 0 unspecified atom stereocenters. The molecule has 1 aliphatic rings. The van der Waals surface area contributed by atoms with E-state index in [4.69, 9.17) is 5.26 Å². The Hall–Kier alpha value is -2.65. The molecule has 2 heterocycles. The van der Waals surface area contributed by atoms with E-state index >= 15 is 0 Å². The minimum absolute atomic E-state index is 0.209. The number of hydrogen-bond acceptors (Lipinski definition) is 4. The van der Waals surface area contributed by atoms with E-state index in [2.05, 4.69) is 37.6 Å². The van der Waals surface area contributed by atoms with Crippen molar-refractivity contribution in [3.63, 3.8) is 0 Å². The predicted molar refractivity (Wildman–Crippen MR) is 83.3 cm³/mol. The maximum atomic E-state index is 12.0. The van der Waals surface area contributed by atoms with Crippen LogP contribution in [0.2, 0.25) is 0 Å². The number of carbonyl (C=O) groups is 1. The molecule has 1 aromatic carbocycles. The van der Waals surface area contributed by atoms with Crippen LogP contribution in [0.4, 0.5) is 11.5 Å². The van der Waals surface area contributed by atoms with Crippen molar-refractivity contribution >= 4 is 38.9 Å². The average molecular weight is 341 g/mol. The minimum Gasteiger partial charge on any atom is -0.361 e. The van der Waals surface area contributed by atoms with Crippen molar-refractivity contribution < 1.29 is 4.79 Å². The van der Waals surface area contributed by atoms with Crippen molar-refractivity contribution in [2.45, 2.75) is 0 Å². The molecule has 3 rings (SSSR count). The molecule has 1 amide bonds. The van der Waals surface area contributed by atoms with Gasteiger partial charge in [0, 0.05) is 28.1 Å². The SMILES string of the molecule is N#Cc1cccc(NC=C2C(=O)Nc3ncc(Br)cc32)c1. The highest BCUT2D eigenvalue weighted by Gasteiger charge is 2.25. The van der Waals surface area contributed by atoms with Crippen LogP contribution in [-0.4, -0.2) is 10.9 Å². The molecule has 0 radical (unpaired) electrons. The monoisotopic (exact) mass is 340 g/mol. The lowest BCUT2D eigenvalue weighted by Gasteiger charge is -2.03. The van der Waals surface area contributed by atoms with E-state index in [0.717, 1.165) is 15.7 Å². The lowest BCUT2D eigenvalue weighted by molar-refractivity contribution is -0.110. The normalized spacial score (nSPS) is 14.5. The smallest absolute Gasteiger partial charge is 0.259 e. The lowest BCUT2D eigenvalue weighted by atomic mass is 10.1. The van der Waals surface area contributed by atoms with Gasteiger partial charge >= 0.3 is 0 Å². The van der Waals surface area contributed by atoms with Crippen LogP contribution in [0.15, 0.2) is 47.2 Å². The third-order valence-electron chi connectivity index (χ3n) is 3.00. The first kappa shape index (κ1) is 13.3. The summed E-state index contributed by atoms with van der Waals surface area (Å²) in [6.45, 7) is 0. The first-order valence-electron chi connectivity index (χ1n) is 6.11. The highest BCUT2D eigenvalue weighted by atomic mass is 79.9. The molecule has 21 heavy (non-hydrogen) atoms. The van der Waals surface area contributed by atoms with Crippen LogP contribution in [0.3, 0.4) is 0 Å². The van der Waals surface area contributed by atoms with Gasteiger partial charge in [-0.25, -0.2) is 4.98 Å². The number of hydrogen-bond donors (Lipinski definition) is 2. The first-order chi connectivity index (χ1) is 10.2. The molecule has 0 aliphatic carbocycles. The Morgan fingerprint density at radius 2 is 2.24 bits per heavy atom. The Labute approximate surface area is 129 Å². The summed E-state index contributed by atoms with van der Waals surface area (Å²) in [5.74, 6) is 0.335. The lowest BCUT2D eigenvalue weighted by Crippen LogP contribution is -2.05. The van der Waals surface area contributed by atoms with Gasteiger partial charge in [-0.3, -0.25) is 4.79 Å². The Kier molecular flexibility index (Phi) is 3.42. The maximum absolute atomic E-state index is 12.0. The molecule has 0 atom stereocenters. The predicted octanol–water partition coefficient (Wildman–Crippen LogP) is 3.12. The van der Waals surface area contributed by atoms with Crippen molar-refractivity contribution in [3.8, 4) is 6.07 Å². The summed E-state index contributed by atoms with van der Waals surface area (Å²) in [6.07, 6.45) is 3.25. The fourth-order valence-corrected chi connectivity index (χ4v) is 2.35. The Bertz CT molecular complexity index is 808. The van der Waals surface area contributed by atoms with E-state index in [0.29, 0.717) is 17.0 Å². The van der Waals surface area contributed by atoms with Gasteiger partial charge in [-0.05, 0) is 40.2 Å². The summed E-state index contributed by atoms with van der Waals surface area (Å²) >= 11 is 3.34. The standard InChI is InChI=1S/C15H9BrN4O/c16-10-5-12-13(15(21)20-14(12)19-7-10)8-18-11-3-1-2-9(4-11)6-17/h1-5,7-8,18H,(H,19,20,21). The van der Waals surface area contributed by atoms with Crippen LogP contribution in [0, 0.1) is 11.3 Å². The molecule has 0 fully saturated rings. The number of halogens is 1. The molecular weight excluding hydrogens is 332 g/mol. The molecule has 0 spiro atoms. The van der Waals surface area contributed by atoms with Crippen molar-refractivity contribution in [2.75, 3.05) is 10.6 Å². The largest absolute Gasteiger partial charge is 0.361 e. The average Bonchev–Trinajstić information content (AvgIpc) is 2.80. The van der Waals surface area contributed by atoms with Crippen LogP contribution in [0.5, 0.6) is 0 Å². The molecule has 6 heteroatoms. The number of fused-ring (bicyclic) bond motifs is 1. The van der Waals surface area contributed by atoms with Gasteiger partial charge in [0.05, 0.1) is 17.2 Å². The number of nitrogens with one attached hydrogen (secondary N) is 2. The second kappa shape index (κ2) is 5.38. The van der Waals surface area contributed by atoms with Crippen LogP contribution in [-0.2, 0) is 4.79 Å². The Morgan fingerprint density at radius 1 is 1.38 bits per heavy atom. The number of rotatable bonds is 2. The highest BCUT2D eigenvalue weighted by molar-refractivity contribution is 9.10. The van der Waals surface area contributed by atoms with Gasteiger partial charge in [-0.2, -0.15) is 5.26 Å². The number of carbonyl (C=O) groups excluding carboxylic acids is 1. The Morgan fingerprint density at radius 3 is 3.05 bits per heavy atom. The van der Waals surface area contributed by atoms with Crippen LogP contribution in [0.1, 0.15) is 11.1 Å². The van der Waals surface area contributed by atoms with Crippen LogP contribution >= 0.6 is 15.9 Å². The van der Waals surface area contributed by atoms with Crippen LogP contribution < -0.4 is 10.6 Å². The number of anilines is 2. The van der Waals surface area contributed by atoms with Gasteiger partial charge in [0.2, 0.25) is 0 Å². The fraction of sp³-hybridized carbons (Fsp3) is 0. The van der Waals surface area contributed by atoms with E-state index in [9.17, 15) is 4.79 Å². The van der Waals surface area contributed by atoms with Gasteiger partial charge in [0.25, 0.3) is 5.91 Å². The molecule has 1 aliphatic heterocycles. The quantitative estimate of drug-likeness (QED) is 0.823. The second-order valence-electron chi connectivity index (χ2n) is 4.40. The van der Waals surface area contributed by atoms with Crippen molar-refractivity contribution in [3.05, 3.63) is 58.3 Å². The number of nitriles is 1. The zero-order valence-electron chi connectivity index (χ0n) is 10.7. The molecule has 0 saturated carbocycles. The summed E-state index contributed by atoms with van der Waals surface area (Å²) in [6, 6.07) is 10.9. The van der Waals surface area contributed by atoms with E-state index in [1.807, 2.05) is 12.1 Å². The molecule has 102 valence electrons. The molecule has 2 aromatic rings. The number of pyridine rings is 1. The first-order valence-corrected chi connectivity index (χ1v) is 6.91. The van der Waals surface area contributed by atoms with E-state index in [1.54, 1.807) is 30.6 Å². The van der Waals surface area contributed by atoms with E-state index < -0.39 is 0 Å². The second-order valence-corrected chi connectivity index (χ2v) is 5.31. The van der Waals surface area contributed by atoms with Gasteiger partial charge in [0.15, 0.2) is 0 Å². The summed E-state index contributed by atoms with van der Waals surface area (Å²) in [4.78, 5) is 16.1. The summed E-state index contributed by atoms with van der Waals surface area (Å²) in [5.41, 5.74) is 2.53. The van der Waals surface area contributed by atoms with E-state index in [-0.39, 0.29) is 5.91 Å². The highest BCUT2D eigenvalue weighted by Crippen LogP contribution is 2.31. The summed E-state index contributed by atoms with van der Waals surface area (Å²) < 4.78 is 0.801. The Balaban J connectivity index is 1.92.